The molecule has 66 valence electrons. The molecule has 0 saturated heterocycles. The number of aromatic nitrogens is 1. The highest BCUT2D eigenvalue weighted by Gasteiger charge is 2.45. The Balaban J connectivity index is 2.31. The van der Waals surface area contributed by atoms with Gasteiger partial charge in [0.05, 0.1) is 6.07 Å². The second-order valence-corrected chi connectivity index (χ2v) is 4.27. The number of rotatable bonds is 2. The van der Waals surface area contributed by atoms with Crippen LogP contribution in [0, 0.1) is 11.3 Å². The van der Waals surface area contributed by atoms with Crippen molar-refractivity contribution in [3.8, 4) is 6.07 Å². The molecule has 0 aromatic carbocycles. The largest absolute Gasteiger partial charge is 0.245 e. The smallest absolute Gasteiger partial charge is 0.106 e. The lowest BCUT2D eigenvalue weighted by molar-refractivity contribution is 0.684. The number of halogens is 1. The molecule has 1 heterocycles. The van der Waals surface area contributed by atoms with Gasteiger partial charge in [-0.2, -0.15) is 5.26 Å². The number of nitrogens with zero attached hydrogens (tertiary/aromatic N) is 2. The molecule has 0 atom stereocenters. The Labute approximate surface area is 85.7 Å². The minimum absolute atomic E-state index is 0.0819. The van der Waals surface area contributed by atoms with Gasteiger partial charge >= 0.3 is 0 Å². The van der Waals surface area contributed by atoms with Crippen LogP contribution in [0.1, 0.15) is 25.0 Å². The zero-order chi connectivity index (χ0) is 9.31. The van der Waals surface area contributed by atoms with E-state index in [4.69, 9.17) is 5.26 Å². The van der Waals surface area contributed by atoms with Crippen molar-refractivity contribution in [1.29, 1.82) is 5.26 Å². The van der Waals surface area contributed by atoms with E-state index in [1.807, 2.05) is 18.2 Å². The Morgan fingerprint density at radius 1 is 1.54 bits per heavy atom. The molecular formula is C10H9BrN2. The third kappa shape index (κ3) is 1.59. The molecule has 0 unspecified atom stereocenters. The molecule has 3 heteroatoms. The fourth-order valence-electron chi connectivity index (χ4n) is 1.53. The molecule has 1 aliphatic carbocycles. The molecular weight excluding hydrogens is 228 g/mol. The van der Waals surface area contributed by atoms with Gasteiger partial charge in [-0.1, -0.05) is 6.07 Å². The van der Waals surface area contributed by atoms with Crippen molar-refractivity contribution in [2.45, 2.75) is 24.7 Å². The number of nitriles is 1. The summed E-state index contributed by atoms with van der Waals surface area (Å²) < 4.78 is 0.856. The first-order chi connectivity index (χ1) is 6.27. The molecule has 1 aromatic rings. The lowest BCUT2D eigenvalue weighted by atomic mass is 9.98. The van der Waals surface area contributed by atoms with Crippen LogP contribution in [0.3, 0.4) is 0 Å². The zero-order valence-corrected chi connectivity index (χ0v) is 8.71. The molecule has 1 saturated carbocycles. The van der Waals surface area contributed by atoms with Crippen molar-refractivity contribution in [2.24, 2.45) is 0 Å². The Kier molecular flexibility index (Phi) is 2.09. The van der Waals surface area contributed by atoms with Crippen molar-refractivity contribution < 1.29 is 0 Å². The van der Waals surface area contributed by atoms with Gasteiger partial charge in [-0.05, 0) is 40.9 Å². The zero-order valence-electron chi connectivity index (χ0n) is 7.13. The second-order valence-electron chi connectivity index (χ2n) is 3.46. The fraction of sp³-hybridized carbons (Fsp3) is 0.400. The van der Waals surface area contributed by atoms with Crippen LogP contribution >= 0.6 is 15.9 Å². The van der Waals surface area contributed by atoms with E-state index in [0.717, 1.165) is 23.1 Å². The van der Waals surface area contributed by atoms with Gasteiger partial charge in [-0.15, -0.1) is 0 Å². The van der Waals surface area contributed by atoms with E-state index in [9.17, 15) is 0 Å². The van der Waals surface area contributed by atoms with Gasteiger partial charge < -0.3 is 0 Å². The van der Waals surface area contributed by atoms with Crippen LogP contribution in [-0.2, 0) is 5.41 Å². The number of hydrogen-bond acceptors (Lipinski definition) is 2. The molecule has 0 amide bonds. The average molecular weight is 237 g/mol. The van der Waals surface area contributed by atoms with E-state index in [2.05, 4.69) is 27.0 Å². The highest BCUT2D eigenvalue weighted by atomic mass is 79.9. The average Bonchev–Trinajstić information content (AvgIpc) is 2.86. The Bertz CT molecular complexity index is 363. The maximum Gasteiger partial charge on any atom is 0.106 e. The third-order valence-corrected chi connectivity index (χ3v) is 2.97. The summed E-state index contributed by atoms with van der Waals surface area (Å²) >= 11 is 3.34. The summed E-state index contributed by atoms with van der Waals surface area (Å²) in [5.74, 6) is 0. The van der Waals surface area contributed by atoms with E-state index in [1.54, 1.807) is 0 Å². The fourth-order valence-corrected chi connectivity index (χ4v) is 1.87. The van der Waals surface area contributed by atoms with E-state index >= 15 is 0 Å². The van der Waals surface area contributed by atoms with Crippen LogP contribution in [-0.4, -0.2) is 4.98 Å². The van der Waals surface area contributed by atoms with Crippen LogP contribution in [0.2, 0.25) is 0 Å². The maximum atomic E-state index is 8.68. The molecule has 13 heavy (non-hydrogen) atoms. The highest BCUT2D eigenvalue weighted by molar-refractivity contribution is 9.10. The normalized spacial score (nSPS) is 17.8. The van der Waals surface area contributed by atoms with E-state index < -0.39 is 0 Å². The monoisotopic (exact) mass is 236 g/mol. The number of pyridine rings is 1. The number of hydrogen-bond donors (Lipinski definition) is 0. The summed E-state index contributed by atoms with van der Waals surface area (Å²) in [5.41, 5.74) is 1.14. The predicted molar refractivity (Wildman–Crippen MR) is 53.1 cm³/mol. The quantitative estimate of drug-likeness (QED) is 0.741. The predicted octanol–water partition coefficient (Wildman–Crippen LogP) is 2.79. The van der Waals surface area contributed by atoms with Crippen LogP contribution in [0.15, 0.2) is 22.8 Å². The van der Waals surface area contributed by atoms with Gasteiger partial charge in [-0.3, -0.25) is 0 Å². The Hall–Kier alpha value is -0.880. The van der Waals surface area contributed by atoms with Gasteiger partial charge in [0.15, 0.2) is 0 Å². The van der Waals surface area contributed by atoms with E-state index in [0.29, 0.717) is 6.42 Å². The van der Waals surface area contributed by atoms with Crippen molar-refractivity contribution in [2.75, 3.05) is 0 Å². The molecule has 2 nitrogen and oxygen atoms in total. The van der Waals surface area contributed by atoms with Crippen molar-refractivity contribution in [1.82, 2.24) is 4.98 Å². The van der Waals surface area contributed by atoms with E-state index in [1.165, 1.54) is 0 Å². The first-order valence-electron chi connectivity index (χ1n) is 4.27. The summed E-state index contributed by atoms with van der Waals surface area (Å²) in [6.45, 7) is 0. The van der Waals surface area contributed by atoms with Crippen LogP contribution in [0.25, 0.3) is 0 Å². The van der Waals surface area contributed by atoms with Gasteiger partial charge in [0.25, 0.3) is 0 Å². The van der Waals surface area contributed by atoms with Gasteiger partial charge in [0, 0.05) is 17.5 Å². The molecule has 0 N–H and O–H groups in total. The SMILES string of the molecule is N#CCC1(c2cccc(Br)n2)CC1. The molecule has 0 aliphatic heterocycles. The first kappa shape index (κ1) is 8.71. The lowest BCUT2D eigenvalue weighted by Crippen LogP contribution is -2.07. The first-order valence-corrected chi connectivity index (χ1v) is 5.06. The molecule has 0 bridgehead atoms. The van der Waals surface area contributed by atoms with Gasteiger partial charge in [0.2, 0.25) is 0 Å². The molecule has 0 radical (unpaired) electrons. The summed E-state index contributed by atoms with van der Waals surface area (Å²) in [5, 5.41) is 8.68. The molecule has 1 aromatic heterocycles. The van der Waals surface area contributed by atoms with Crippen LogP contribution in [0.4, 0.5) is 0 Å². The van der Waals surface area contributed by atoms with Crippen LogP contribution < -0.4 is 0 Å². The molecule has 1 aliphatic rings. The van der Waals surface area contributed by atoms with Gasteiger partial charge in [-0.25, -0.2) is 4.98 Å². The summed E-state index contributed by atoms with van der Waals surface area (Å²) in [6, 6.07) is 8.13. The molecule has 1 fully saturated rings. The van der Waals surface area contributed by atoms with Crippen molar-refractivity contribution in [3.05, 3.63) is 28.5 Å². The van der Waals surface area contributed by atoms with Gasteiger partial charge in [0.1, 0.15) is 4.60 Å². The van der Waals surface area contributed by atoms with Crippen molar-refractivity contribution in [3.63, 3.8) is 0 Å². The minimum Gasteiger partial charge on any atom is -0.245 e. The summed E-state index contributed by atoms with van der Waals surface area (Å²) in [7, 11) is 0. The Morgan fingerprint density at radius 2 is 2.31 bits per heavy atom. The summed E-state index contributed by atoms with van der Waals surface area (Å²) in [4.78, 5) is 4.39. The standard InChI is InChI=1S/C10H9BrN2/c11-9-3-1-2-8(13-9)10(4-5-10)6-7-12/h1-3H,4-6H2. The van der Waals surface area contributed by atoms with Crippen molar-refractivity contribution >= 4 is 15.9 Å². The highest BCUT2D eigenvalue weighted by Crippen LogP contribution is 2.50. The third-order valence-electron chi connectivity index (χ3n) is 2.53. The second kappa shape index (κ2) is 3.12. The van der Waals surface area contributed by atoms with E-state index in [-0.39, 0.29) is 5.41 Å². The van der Waals surface area contributed by atoms with Crippen LogP contribution in [0.5, 0.6) is 0 Å². The summed E-state index contributed by atoms with van der Waals surface area (Å²) in [6.07, 6.45) is 2.80. The lowest BCUT2D eigenvalue weighted by Gasteiger charge is -2.09. The molecule has 2 rings (SSSR count). The molecule has 0 spiro atoms. The minimum atomic E-state index is 0.0819. The maximum absolute atomic E-state index is 8.68. The topological polar surface area (TPSA) is 36.7 Å². The Morgan fingerprint density at radius 3 is 2.85 bits per heavy atom.